The fraction of sp³-hybridized carbons (Fsp3) is 0.476. The van der Waals surface area contributed by atoms with Gasteiger partial charge in [0.15, 0.2) is 11.3 Å². The maximum absolute atomic E-state index is 13.6. The van der Waals surface area contributed by atoms with E-state index in [1.165, 1.54) is 6.20 Å². The van der Waals surface area contributed by atoms with Gasteiger partial charge >= 0.3 is 0 Å². The lowest BCUT2D eigenvalue weighted by Crippen LogP contribution is -2.28. The molecule has 1 N–H and O–H groups in total. The van der Waals surface area contributed by atoms with Crippen molar-refractivity contribution in [2.75, 3.05) is 0 Å². The van der Waals surface area contributed by atoms with Crippen molar-refractivity contribution in [3.8, 4) is 0 Å². The van der Waals surface area contributed by atoms with Gasteiger partial charge in [0.1, 0.15) is 11.2 Å². The number of alkyl halides is 2. The van der Waals surface area contributed by atoms with Crippen LogP contribution in [0.1, 0.15) is 67.9 Å². The zero-order valence-electron chi connectivity index (χ0n) is 17.0. The number of hydrogen-bond acceptors (Lipinski definition) is 5. The minimum absolute atomic E-state index is 0.00604. The van der Waals surface area contributed by atoms with E-state index in [9.17, 15) is 13.6 Å². The molecule has 2 fully saturated rings. The molecule has 4 heterocycles. The molecule has 11 heteroatoms. The number of rotatable bonds is 3. The van der Waals surface area contributed by atoms with Crippen LogP contribution in [0.2, 0.25) is 5.02 Å². The third kappa shape index (κ3) is 3.19. The third-order valence-corrected chi connectivity index (χ3v) is 7.03. The predicted molar refractivity (Wildman–Crippen MR) is 113 cm³/mol. The summed E-state index contributed by atoms with van der Waals surface area (Å²) in [7, 11) is 0. The van der Waals surface area contributed by atoms with Crippen LogP contribution in [0, 0.1) is 0 Å². The number of imidazole rings is 1. The second kappa shape index (κ2) is 7.06. The van der Waals surface area contributed by atoms with E-state index >= 15 is 0 Å². The minimum atomic E-state index is -2.62. The average molecular weight is 460 g/mol. The summed E-state index contributed by atoms with van der Waals surface area (Å²) in [5.74, 6) is -1.93. The van der Waals surface area contributed by atoms with E-state index in [0.29, 0.717) is 40.4 Å². The summed E-state index contributed by atoms with van der Waals surface area (Å²) in [5.41, 5.74) is 1.75. The lowest BCUT2D eigenvalue weighted by molar-refractivity contribution is -0.0446. The molecule has 6 rings (SSSR count). The molecule has 0 bridgehead atoms. The number of nitrogens with zero attached hydrogens (tertiary/aromatic N) is 6. The van der Waals surface area contributed by atoms with E-state index in [0.717, 1.165) is 18.5 Å². The van der Waals surface area contributed by atoms with Gasteiger partial charge in [-0.2, -0.15) is 10.2 Å². The van der Waals surface area contributed by atoms with Crippen LogP contribution in [0.4, 0.5) is 8.78 Å². The van der Waals surface area contributed by atoms with Gasteiger partial charge in [-0.15, -0.1) is 0 Å². The maximum atomic E-state index is 13.6. The van der Waals surface area contributed by atoms with Gasteiger partial charge < -0.3 is 4.98 Å². The van der Waals surface area contributed by atoms with E-state index in [4.69, 9.17) is 16.6 Å². The quantitative estimate of drug-likeness (QED) is 0.495. The summed E-state index contributed by atoms with van der Waals surface area (Å²) < 4.78 is 30.6. The molecule has 166 valence electrons. The maximum Gasteiger partial charge on any atom is 0.262 e. The number of halogens is 3. The molecule has 8 nitrogen and oxygen atoms in total. The smallest absolute Gasteiger partial charge is 0.262 e. The Labute approximate surface area is 185 Å². The highest BCUT2D eigenvalue weighted by Crippen LogP contribution is 2.47. The number of aromatic amines is 1. The number of hydrogen-bond donors (Lipinski definition) is 1. The van der Waals surface area contributed by atoms with Gasteiger partial charge in [-0.3, -0.25) is 4.79 Å². The molecule has 2 unspecified atom stereocenters. The Morgan fingerprint density at radius 2 is 1.84 bits per heavy atom. The predicted octanol–water partition coefficient (Wildman–Crippen LogP) is 4.23. The van der Waals surface area contributed by atoms with Crippen molar-refractivity contribution in [3.05, 3.63) is 51.6 Å². The fourth-order valence-electron chi connectivity index (χ4n) is 4.90. The van der Waals surface area contributed by atoms with E-state index < -0.39 is 5.92 Å². The molecule has 0 spiro atoms. The standard InChI is InChI=1S/C21H20ClF2N7O/c22-11-7-17-27-16(10-30(17)25-8-11)13-1-2-14(13)18-28-19-15(20(32)29-18)9-26-31(19)12-3-5-21(23,24)6-4-12/h7-10,12-14H,1-6H2,(H,28,29,32). The molecule has 0 aromatic carbocycles. The SMILES string of the molecule is O=c1[nH]c(C2CCC2c2cn3ncc(Cl)cc3n2)nc2c1cnn2C1CCC(F)(F)CC1. The molecule has 4 aromatic heterocycles. The monoisotopic (exact) mass is 459 g/mol. The summed E-state index contributed by atoms with van der Waals surface area (Å²) in [6.07, 6.45) is 6.99. The molecule has 2 aliphatic rings. The first kappa shape index (κ1) is 19.8. The summed E-state index contributed by atoms with van der Waals surface area (Å²) >= 11 is 6.02. The molecule has 0 aliphatic heterocycles. The summed E-state index contributed by atoms with van der Waals surface area (Å²) in [6.45, 7) is 0. The van der Waals surface area contributed by atoms with Gasteiger partial charge in [-0.25, -0.2) is 27.9 Å². The van der Waals surface area contributed by atoms with Crippen molar-refractivity contribution < 1.29 is 8.78 Å². The lowest BCUT2D eigenvalue weighted by atomic mass is 9.71. The van der Waals surface area contributed by atoms with E-state index in [2.05, 4.69) is 20.2 Å². The van der Waals surface area contributed by atoms with E-state index in [1.807, 2.05) is 6.20 Å². The molecule has 4 aromatic rings. The van der Waals surface area contributed by atoms with Crippen LogP contribution in [-0.4, -0.2) is 40.3 Å². The Balaban J connectivity index is 1.34. The first-order valence-corrected chi connectivity index (χ1v) is 11.1. The molecule has 2 atom stereocenters. The second-order valence-electron chi connectivity index (χ2n) is 8.80. The summed E-state index contributed by atoms with van der Waals surface area (Å²) in [4.78, 5) is 25.1. The highest BCUT2D eigenvalue weighted by Gasteiger charge is 2.39. The average Bonchev–Trinajstić information content (AvgIpc) is 3.31. The van der Waals surface area contributed by atoms with Crippen LogP contribution in [-0.2, 0) is 0 Å². The fourth-order valence-corrected chi connectivity index (χ4v) is 5.04. The number of nitrogens with one attached hydrogen (secondary N) is 1. The van der Waals surface area contributed by atoms with Crippen LogP contribution in [0.3, 0.4) is 0 Å². The largest absolute Gasteiger partial charge is 0.310 e. The van der Waals surface area contributed by atoms with Crippen molar-refractivity contribution >= 4 is 28.3 Å². The van der Waals surface area contributed by atoms with Crippen LogP contribution in [0.25, 0.3) is 16.7 Å². The summed E-state index contributed by atoms with van der Waals surface area (Å²) in [5, 5.41) is 9.49. The molecule has 2 saturated carbocycles. The highest BCUT2D eigenvalue weighted by atomic mass is 35.5. The van der Waals surface area contributed by atoms with Crippen molar-refractivity contribution in [2.45, 2.75) is 62.3 Å². The first-order chi connectivity index (χ1) is 15.4. The van der Waals surface area contributed by atoms with Gasteiger partial charge in [-0.1, -0.05) is 11.6 Å². The molecular formula is C21H20ClF2N7O. The van der Waals surface area contributed by atoms with Crippen LogP contribution in [0.15, 0.2) is 29.5 Å². The Bertz CT molecular complexity index is 1380. The van der Waals surface area contributed by atoms with Crippen LogP contribution >= 0.6 is 11.6 Å². The number of aromatic nitrogens is 7. The molecule has 0 saturated heterocycles. The molecular weight excluding hydrogens is 440 g/mol. The van der Waals surface area contributed by atoms with Crippen molar-refractivity contribution in [2.24, 2.45) is 0 Å². The zero-order valence-corrected chi connectivity index (χ0v) is 17.8. The van der Waals surface area contributed by atoms with Crippen molar-refractivity contribution in [1.29, 1.82) is 0 Å². The molecule has 32 heavy (non-hydrogen) atoms. The first-order valence-electron chi connectivity index (χ1n) is 10.7. The topological polar surface area (TPSA) is 93.8 Å². The van der Waals surface area contributed by atoms with E-state index in [1.54, 1.807) is 21.5 Å². The Hall–Kier alpha value is -2.88. The van der Waals surface area contributed by atoms with Crippen molar-refractivity contribution in [3.63, 3.8) is 0 Å². The van der Waals surface area contributed by atoms with Crippen LogP contribution < -0.4 is 5.56 Å². The Morgan fingerprint density at radius 3 is 2.59 bits per heavy atom. The van der Waals surface area contributed by atoms with Gasteiger partial charge in [-0.05, 0) is 25.7 Å². The van der Waals surface area contributed by atoms with Gasteiger partial charge in [0.25, 0.3) is 5.56 Å². The molecule has 2 aliphatic carbocycles. The highest BCUT2D eigenvalue weighted by molar-refractivity contribution is 6.30. The van der Waals surface area contributed by atoms with Gasteiger partial charge in [0.2, 0.25) is 5.92 Å². The number of fused-ring (bicyclic) bond motifs is 2. The summed E-state index contributed by atoms with van der Waals surface area (Å²) in [6, 6.07) is 1.57. The second-order valence-corrected chi connectivity index (χ2v) is 9.23. The normalized spacial score (nSPS) is 23.6. The minimum Gasteiger partial charge on any atom is -0.310 e. The molecule has 0 amide bonds. The Morgan fingerprint density at radius 1 is 1.06 bits per heavy atom. The Kier molecular flexibility index (Phi) is 4.36. The zero-order chi connectivity index (χ0) is 22.0. The lowest BCUT2D eigenvalue weighted by Gasteiger charge is -2.34. The van der Waals surface area contributed by atoms with E-state index in [-0.39, 0.29) is 36.3 Å². The number of H-pyrrole nitrogens is 1. The molecule has 0 radical (unpaired) electrons. The van der Waals surface area contributed by atoms with Crippen LogP contribution in [0.5, 0.6) is 0 Å². The van der Waals surface area contributed by atoms with Crippen molar-refractivity contribution in [1.82, 2.24) is 34.3 Å². The third-order valence-electron chi connectivity index (χ3n) is 6.83. The van der Waals surface area contributed by atoms with Gasteiger partial charge in [0, 0.05) is 30.7 Å². The van der Waals surface area contributed by atoms with Gasteiger partial charge in [0.05, 0.1) is 35.3 Å².